The first-order valence-electron chi connectivity index (χ1n) is 5.68. The molecule has 94 valence electrons. The van der Waals surface area contributed by atoms with Crippen LogP contribution in [0, 0.1) is 0 Å². The first-order chi connectivity index (χ1) is 8.69. The van der Waals surface area contributed by atoms with Crippen molar-refractivity contribution in [2.24, 2.45) is 0 Å². The van der Waals surface area contributed by atoms with Gasteiger partial charge in [0, 0.05) is 4.90 Å². The van der Waals surface area contributed by atoms with Gasteiger partial charge in [-0.25, -0.2) is 4.98 Å². The molecule has 0 fully saturated rings. The van der Waals surface area contributed by atoms with Crippen molar-refractivity contribution in [2.45, 2.75) is 18.2 Å². The Morgan fingerprint density at radius 2 is 2.11 bits per heavy atom. The Bertz CT molecular complexity index is 534. The van der Waals surface area contributed by atoms with Crippen molar-refractivity contribution < 1.29 is 9.90 Å². The second-order valence-electron chi connectivity index (χ2n) is 3.77. The summed E-state index contributed by atoms with van der Waals surface area (Å²) in [5.74, 6) is 0.640. The van der Waals surface area contributed by atoms with Crippen LogP contribution in [0.25, 0.3) is 11.3 Å². The average molecular weight is 262 g/mol. The third-order valence-corrected chi connectivity index (χ3v) is 3.32. The predicted octanol–water partition coefficient (Wildman–Crippen LogP) is 2.82. The summed E-state index contributed by atoms with van der Waals surface area (Å²) < 4.78 is 0. The van der Waals surface area contributed by atoms with Gasteiger partial charge in [-0.2, -0.15) is 0 Å². The van der Waals surface area contributed by atoms with Gasteiger partial charge in [0.1, 0.15) is 12.2 Å². The van der Waals surface area contributed by atoms with E-state index in [2.05, 4.69) is 29.0 Å². The first kappa shape index (κ1) is 12.7. The van der Waals surface area contributed by atoms with Crippen LogP contribution in [0.3, 0.4) is 0 Å². The molecule has 18 heavy (non-hydrogen) atoms. The number of hydrogen-bond acceptors (Lipinski definition) is 3. The van der Waals surface area contributed by atoms with Crippen molar-refractivity contribution >= 4 is 17.7 Å². The van der Waals surface area contributed by atoms with Crippen LogP contribution in [0.1, 0.15) is 12.7 Å². The lowest BCUT2D eigenvalue weighted by Crippen LogP contribution is -2.01. The molecule has 0 bridgehead atoms. The van der Waals surface area contributed by atoms with Gasteiger partial charge >= 0.3 is 5.97 Å². The Hall–Kier alpha value is -1.75. The third-order valence-electron chi connectivity index (χ3n) is 2.42. The Balaban J connectivity index is 2.15. The number of H-pyrrole nitrogens is 1. The van der Waals surface area contributed by atoms with Gasteiger partial charge in [0.25, 0.3) is 0 Å². The monoisotopic (exact) mass is 262 g/mol. The van der Waals surface area contributed by atoms with Crippen LogP contribution in [0.15, 0.2) is 35.4 Å². The second-order valence-corrected chi connectivity index (χ2v) is 5.11. The summed E-state index contributed by atoms with van der Waals surface area (Å²) in [6.07, 6.45) is 1.59. The first-order valence-corrected chi connectivity index (χ1v) is 6.66. The second kappa shape index (κ2) is 5.73. The van der Waals surface area contributed by atoms with Crippen molar-refractivity contribution in [3.05, 3.63) is 36.3 Å². The highest BCUT2D eigenvalue weighted by Crippen LogP contribution is 2.22. The van der Waals surface area contributed by atoms with Crippen LogP contribution in [-0.2, 0) is 11.2 Å². The lowest BCUT2D eigenvalue weighted by atomic mass is 10.2. The highest BCUT2D eigenvalue weighted by molar-refractivity contribution is 7.99. The molecule has 0 atom stereocenters. The molecule has 5 heteroatoms. The lowest BCUT2D eigenvalue weighted by Gasteiger charge is -2.00. The SMILES string of the molecule is CCSc1ccc(-c2cnc(CC(=O)O)[nH]2)cc1. The predicted molar refractivity (Wildman–Crippen MR) is 71.8 cm³/mol. The topological polar surface area (TPSA) is 66.0 Å². The molecule has 2 aromatic rings. The van der Waals surface area contributed by atoms with E-state index in [1.165, 1.54) is 4.90 Å². The summed E-state index contributed by atoms with van der Waals surface area (Å²) in [5, 5.41) is 8.68. The van der Waals surface area contributed by atoms with Crippen molar-refractivity contribution in [2.75, 3.05) is 5.75 Å². The number of imidazole rings is 1. The Labute approximate surface area is 109 Å². The van der Waals surface area contributed by atoms with Gasteiger partial charge in [-0.3, -0.25) is 4.79 Å². The molecule has 0 spiro atoms. The number of hydrogen-bond donors (Lipinski definition) is 2. The van der Waals surface area contributed by atoms with Crippen molar-refractivity contribution in [1.29, 1.82) is 0 Å². The fraction of sp³-hybridized carbons (Fsp3) is 0.231. The van der Waals surface area contributed by atoms with E-state index in [0.717, 1.165) is 17.0 Å². The fourth-order valence-corrected chi connectivity index (χ4v) is 2.30. The molecule has 0 aliphatic heterocycles. The van der Waals surface area contributed by atoms with Crippen LogP contribution < -0.4 is 0 Å². The number of carboxylic acids is 1. The van der Waals surface area contributed by atoms with Crippen molar-refractivity contribution in [3.8, 4) is 11.3 Å². The fourth-order valence-electron chi connectivity index (χ4n) is 1.64. The summed E-state index contributed by atoms with van der Waals surface area (Å²) in [7, 11) is 0. The minimum Gasteiger partial charge on any atom is -0.481 e. The lowest BCUT2D eigenvalue weighted by molar-refractivity contribution is -0.136. The number of aromatic nitrogens is 2. The van der Waals surface area contributed by atoms with E-state index in [1.807, 2.05) is 12.1 Å². The van der Waals surface area contributed by atoms with Crippen LogP contribution in [-0.4, -0.2) is 26.8 Å². The third kappa shape index (κ3) is 3.13. The number of nitrogens with zero attached hydrogens (tertiary/aromatic N) is 1. The van der Waals surface area contributed by atoms with Crippen LogP contribution in [0.5, 0.6) is 0 Å². The summed E-state index contributed by atoms with van der Waals surface area (Å²) in [4.78, 5) is 18.9. The summed E-state index contributed by atoms with van der Waals surface area (Å²) in [6, 6.07) is 8.13. The standard InChI is InChI=1S/C13H14N2O2S/c1-2-18-10-5-3-9(4-6-10)11-8-14-12(15-11)7-13(16)17/h3-6,8H,2,7H2,1H3,(H,14,15)(H,16,17). The van der Waals surface area contributed by atoms with E-state index in [0.29, 0.717) is 5.82 Å². The molecule has 0 aliphatic carbocycles. The van der Waals surface area contributed by atoms with Gasteiger partial charge in [-0.05, 0) is 23.4 Å². The molecule has 4 nitrogen and oxygen atoms in total. The zero-order valence-electron chi connectivity index (χ0n) is 10.0. The molecule has 0 amide bonds. The number of nitrogens with one attached hydrogen (secondary N) is 1. The molecule has 0 saturated heterocycles. The molecular formula is C13H14N2O2S. The average Bonchev–Trinajstić information content (AvgIpc) is 2.78. The molecule has 0 aliphatic rings. The molecule has 2 N–H and O–H groups in total. The Morgan fingerprint density at radius 1 is 1.39 bits per heavy atom. The molecule has 1 heterocycles. The van der Waals surface area contributed by atoms with E-state index in [1.54, 1.807) is 18.0 Å². The highest BCUT2D eigenvalue weighted by atomic mass is 32.2. The molecule has 2 rings (SSSR count). The minimum atomic E-state index is -0.884. The number of carboxylic acid groups (broad SMARTS) is 1. The van der Waals surface area contributed by atoms with Crippen LogP contribution in [0.4, 0.5) is 0 Å². The van der Waals surface area contributed by atoms with Gasteiger partial charge in [-0.15, -0.1) is 11.8 Å². The van der Waals surface area contributed by atoms with Gasteiger partial charge in [0.2, 0.25) is 0 Å². The molecule has 1 aromatic heterocycles. The largest absolute Gasteiger partial charge is 0.481 e. The molecule has 0 unspecified atom stereocenters. The van der Waals surface area contributed by atoms with Gasteiger partial charge in [0.15, 0.2) is 0 Å². The normalized spacial score (nSPS) is 10.5. The number of carbonyl (C=O) groups is 1. The van der Waals surface area contributed by atoms with Crippen molar-refractivity contribution in [1.82, 2.24) is 9.97 Å². The minimum absolute atomic E-state index is 0.0796. The van der Waals surface area contributed by atoms with Gasteiger partial charge in [-0.1, -0.05) is 19.1 Å². The quantitative estimate of drug-likeness (QED) is 0.813. The Kier molecular flexibility index (Phi) is 4.04. The molecular weight excluding hydrogens is 248 g/mol. The summed E-state index contributed by atoms with van der Waals surface area (Å²) in [6.45, 7) is 2.12. The van der Waals surface area contributed by atoms with Crippen molar-refractivity contribution in [3.63, 3.8) is 0 Å². The highest BCUT2D eigenvalue weighted by Gasteiger charge is 2.06. The van der Waals surface area contributed by atoms with Crippen LogP contribution in [0.2, 0.25) is 0 Å². The number of aromatic amines is 1. The zero-order valence-corrected chi connectivity index (χ0v) is 10.8. The number of thioether (sulfide) groups is 1. The molecule has 1 aromatic carbocycles. The van der Waals surface area contributed by atoms with Gasteiger partial charge in [0.05, 0.1) is 11.9 Å². The number of aliphatic carboxylic acids is 1. The molecule has 0 radical (unpaired) electrons. The smallest absolute Gasteiger partial charge is 0.311 e. The van der Waals surface area contributed by atoms with Crippen LogP contribution >= 0.6 is 11.8 Å². The van der Waals surface area contributed by atoms with E-state index in [9.17, 15) is 4.79 Å². The Morgan fingerprint density at radius 3 is 2.72 bits per heavy atom. The maximum absolute atomic E-state index is 10.6. The maximum atomic E-state index is 10.6. The zero-order chi connectivity index (χ0) is 13.0. The number of benzene rings is 1. The van der Waals surface area contributed by atoms with E-state index < -0.39 is 5.97 Å². The van der Waals surface area contributed by atoms with E-state index in [4.69, 9.17) is 5.11 Å². The summed E-state index contributed by atoms with van der Waals surface area (Å²) >= 11 is 1.79. The summed E-state index contributed by atoms with van der Waals surface area (Å²) in [5.41, 5.74) is 1.86. The van der Waals surface area contributed by atoms with Gasteiger partial charge < -0.3 is 10.1 Å². The number of rotatable bonds is 5. The molecule has 0 saturated carbocycles. The van der Waals surface area contributed by atoms with E-state index in [-0.39, 0.29) is 6.42 Å². The maximum Gasteiger partial charge on any atom is 0.311 e. The van der Waals surface area contributed by atoms with E-state index >= 15 is 0 Å².